The molecule has 1 aromatic carbocycles. The van der Waals surface area contributed by atoms with Gasteiger partial charge in [-0.2, -0.15) is 0 Å². The van der Waals surface area contributed by atoms with Gasteiger partial charge in [-0.25, -0.2) is 0 Å². The molecule has 0 aliphatic heterocycles. The molecular weight excluding hydrogens is 236 g/mol. The molecule has 94 valence electrons. The molecule has 0 saturated heterocycles. The molecule has 1 amide bonds. The van der Waals surface area contributed by atoms with E-state index in [0.717, 1.165) is 18.7 Å². The second-order valence-electron chi connectivity index (χ2n) is 4.33. The molecule has 0 aliphatic carbocycles. The fourth-order valence-electron chi connectivity index (χ4n) is 1.69. The first-order valence-corrected chi connectivity index (χ1v) is 6.25. The third-order valence-corrected chi connectivity index (χ3v) is 3.00. The lowest BCUT2D eigenvalue weighted by Gasteiger charge is -2.14. The lowest BCUT2D eigenvalue weighted by Crippen LogP contribution is -2.14. The molecule has 0 radical (unpaired) electrons. The second-order valence-corrected chi connectivity index (χ2v) is 4.74. The Labute approximate surface area is 107 Å². The van der Waals surface area contributed by atoms with Crippen molar-refractivity contribution in [2.24, 2.45) is 11.7 Å². The minimum absolute atomic E-state index is 0.439. The number of hydrogen-bond donors (Lipinski definition) is 2. The van der Waals surface area contributed by atoms with Crippen LogP contribution in [0.15, 0.2) is 18.2 Å². The van der Waals surface area contributed by atoms with E-state index in [1.165, 1.54) is 6.42 Å². The molecule has 17 heavy (non-hydrogen) atoms. The lowest BCUT2D eigenvalue weighted by molar-refractivity contribution is 0.100. The first-order valence-electron chi connectivity index (χ1n) is 5.87. The maximum atomic E-state index is 11.1. The zero-order chi connectivity index (χ0) is 12.8. The maximum absolute atomic E-state index is 11.1. The number of anilines is 1. The first-order chi connectivity index (χ1) is 8.04. The molecule has 0 saturated carbocycles. The van der Waals surface area contributed by atoms with Crippen molar-refractivity contribution < 1.29 is 4.79 Å². The highest BCUT2D eigenvalue weighted by molar-refractivity contribution is 6.33. The second kappa shape index (κ2) is 6.50. The summed E-state index contributed by atoms with van der Waals surface area (Å²) >= 11 is 6.05. The third kappa shape index (κ3) is 4.27. The van der Waals surface area contributed by atoms with Gasteiger partial charge in [-0.15, -0.1) is 0 Å². The van der Waals surface area contributed by atoms with Crippen molar-refractivity contribution in [3.8, 4) is 0 Å². The Morgan fingerprint density at radius 2 is 2.24 bits per heavy atom. The summed E-state index contributed by atoms with van der Waals surface area (Å²) in [4.78, 5) is 11.1. The Morgan fingerprint density at radius 3 is 2.82 bits per heavy atom. The Hall–Kier alpha value is -1.22. The smallest absolute Gasteiger partial charge is 0.248 e. The molecule has 0 bridgehead atoms. The standard InChI is InChI=1S/C13H19ClN2O/c1-3-4-9(2)8-16-12-7-10(13(15)17)5-6-11(12)14/h5-7,9,16H,3-4,8H2,1-2H3,(H2,15,17). The fourth-order valence-corrected chi connectivity index (χ4v) is 1.88. The van der Waals surface area contributed by atoms with E-state index in [-0.39, 0.29) is 0 Å². The lowest BCUT2D eigenvalue weighted by atomic mass is 10.1. The van der Waals surface area contributed by atoms with Crippen molar-refractivity contribution in [1.82, 2.24) is 0 Å². The van der Waals surface area contributed by atoms with Crippen LogP contribution >= 0.6 is 11.6 Å². The Morgan fingerprint density at radius 1 is 1.53 bits per heavy atom. The minimum atomic E-state index is -0.439. The normalized spacial score (nSPS) is 12.2. The molecule has 4 heteroatoms. The predicted molar refractivity (Wildman–Crippen MR) is 72.5 cm³/mol. The van der Waals surface area contributed by atoms with Gasteiger partial charge in [0.1, 0.15) is 0 Å². The van der Waals surface area contributed by atoms with E-state index < -0.39 is 5.91 Å². The van der Waals surface area contributed by atoms with Gasteiger partial charge < -0.3 is 11.1 Å². The van der Waals surface area contributed by atoms with Crippen LogP contribution in [-0.2, 0) is 0 Å². The SMILES string of the molecule is CCCC(C)CNc1cc(C(N)=O)ccc1Cl. The van der Waals surface area contributed by atoms with Crippen molar-refractivity contribution in [2.75, 3.05) is 11.9 Å². The van der Waals surface area contributed by atoms with Crippen molar-refractivity contribution in [2.45, 2.75) is 26.7 Å². The van der Waals surface area contributed by atoms with Crippen LogP contribution in [0.4, 0.5) is 5.69 Å². The van der Waals surface area contributed by atoms with Crippen LogP contribution in [-0.4, -0.2) is 12.5 Å². The quantitative estimate of drug-likeness (QED) is 0.819. The monoisotopic (exact) mass is 254 g/mol. The summed E-state index contributed by atoms with van der Waals surface area (Å²) in [5.74, 6) is 0.139. The summed E-state index contributed by atoms with van der Waals surface area (Å²) in [7, 11) is 0. The van der Waals surface area contributed by atoms with Crippen LogP contribution in [0.1, 0.15) is 37.0 Å². The van der Waals surface area contributed by atoms with Crippen molar-refractivity contribution >= 4 is 23.2 Å². The molecule has 1 atom stereocenters. The number of nitrogens with one attached hydrogen (secondary N) is 1. The highest BCUT2D eigenvalue weighted by Gasteiger charge is 2.07. The van der Waals surface area contributed by atoms with Crippen molar-refractivity contribution in [3.63, 3.8) is 0 Å². The van der Waals surface area contributed by atoms with Crippen LogP contribution in [0, 0.1) is 5.92 Å². The van der Waals surface area contributed by atoms with Crippen LogP contribution < -0.4 is 11.1 Å². The molecule has 0 aromatic heterocycles. The predicted octanol–water partition coefficient (Wildman–Crippen LogP) is 3.29. The van der Waals surface area contributed by atoms with Crippen LogP contribution in [0.5, 0.6) is 0 Å². The zero-order valence-corrected chi connectivity index (χ0v) is 11.1. The van der Waals surface area contributed by atoms with Gasteiger partial charge in [0.05, 0.1) is 10.7 Å². The fraction of sp³-hybridized carbons (Fsp3) is 0.462. The van der Waals surface area contributed by atoms with Crippen molar-refractivity contribution in [1.29, 1.82) is 0 Å². The summed E-state index contributed by atoms with van der Waals surface area (Å²) < 4.78 is 0. The summed E-state index contributed by atoms with van der Waals surface area (Å²) in [5.41, 5.74) is 6.47. The topological polar surface area (TPSA) is 55.1 Å². The van der Waals surface area contributed by atoms with Crippen molar-refractivity contribution in [3.05, 3.63) is 28.8 Å². The van der Waals surface area contributed by atoms with Gasteiger partial charge in [0.25, 0.3) is 0 Å². The number of amides is 1. The maximum Gasteiger partial charge on any atom is 0.248 e. The van der Waals surface area contributed by atoms with E-state index in [1.54, 1.807) is 18.2 Å². The third-order valence-electron chi connectivity index (χ3n) is 2.67. The Kier molecular flexibility index (Phi) is 5.29. The molecule has 0 heterocycles. The number of halogens is 1. The average molecular weight is 255 g/mol. The molecule has 0 spiro atoms. The van der Waals surface area contributed by atoms with E-state index in [4.69, 9.17) is 17.3 Å². The van der Waals surface area contributed by atoms with Crippen LogP contribution in [0.2, 0.25) is 5.02 Å². The Balaban J connectivity index is 2.69. The molecule has 1 unspecified atom stereocenters. The first kappa shape index (κ1) is 13.8. The van der Waals surface area contributed by atoms with Gasteiger partial charge in [-0.05, 0) is 30.5 Å². The molecule has 3 N–H and O–H groups in total. The van der Waals surface area contributed by atoms with E-state index >= 15 is 0 Å². The van der Waals surface area contributed by atoms with Crippen LogP contribution in [0.3, 0.4) is 0 Å². The number of primary amides is 1. The van der Waals surface area contributed by atoms with Gasteiger partial charge in [-0.1, -0.05) is 31.9 Å². The molecule has 0 fully saturated rings. The Bertz CT molecular complexity index is 393. The highest BCUT2D eigenvalue weighted by Crippen LogP contribution is 2.23. The van der Waals surface area contributed by atoms with Gasteiger partial charge in [0, 0.05) is 12.1 Å². The minimum Gasteiger partial charge on any atom is -0.384 e. The summed E-state index contributed by atoms with van der Waals surface area (Å²) in [6.07, 6.45) is 2.33. The van der Waals surface area contributed by atoms with Gasteiger partial charge in [0.15, 0.2) is 0 Å². The van der Waals surface area contributed by atoms with Gasteiger partial charge in [0.2, 0.25) is 5.91 Å². The molecule has 0 aliphatic rings. The number of carbonyl (C=O) groups excluding carboxylic acids is 1. The summed E-state index contributed by atoms with van der Waals surface area (Å²) in [6.45, 7) is 5.19. The number of hydrogen-bond acceptors (Lipinski definition) is 2. The molecule has 1 aromatic rings. The van der Waals surface area contributed by atoms with E-state index in [0.29, 0.717) is 16.5 Å². The highest BCUT2D eigenvalue weighted by atomic mass is 35.5. The summed E-state index contributed by atoms with van der Waals surface area (Å²) in [6, 6.07) is 5.02. The summed E-state index contributed by atoms with van der Waals surface area (Å²) in [5, 5.41) is 3.86. The van der Waals surface area contributed by atoms with E-state index in [2.05, 4.69) is 19.2 Å². The molecule has 3 nitrogen and oxygen atoms in total. The van der Waals surface area contributed by atoms with Gasteiger partial charge in [-0.3, -0.25) is 4.79 Å². The molecule has 1 rings (SSSR count). The number of benzene rings is 1. The van der Waals surface area contributed by atoms with E-state index in [1.807, 2.05) is 0 Å². The number of carbonyl (C=O) groups is 1. The molecular formula is C13H19ClN2O. The average Bonchev–Trinajstić information content (AvgIpc) is 2.28. The largest absolute Gasteiger partial charge is 0.384 e. The zero-order valence-electron chi connectivity index (χ0n) is 10.3. The number of nitrogens with two attached hydrogens (primary N) is 1. The van der Waals surface area contributed by atoms with E-state index in [9.17, 15) is 4.79 Å². The van der Waals surface area contributed by atoms with Gasteiger partial charge >= 0.3 is 0 Å². The number of rotatable bonds is 6. The van der Waals surface area contributed by atoms with Crippen LogP contribution in [0.25, 0.3) is 0 Å².